The minimum Gasteiger partial charge on any atom is -0.497 e. The van der Waals surface area contributed by atoms with Crippen LogP contribution in [0, 0.1) is 0 Å². The monoisotopic (exact) mass is 264 g/mol. The molecule has 0 aromatic heterocycles. The molecule has 0 spiro atoms. The normalized spacial score (nSPS) is 17.8. The zero-order valence-electron chi connectivity index (χ0n) is 10.9. The number of ether oxygens (including phenoxy) is 2. The highest BCUT2D eigenvalue weighted by Crippen LogP contribution is 2.29. The van der Waals surface area contributed by atoms with Gasteiger partial charge in [-0.05, 0) is 18.6 Å². The molecule has 0 saturated carbocycles. The van der Waals surface area contributed by atoms with Crippen molar-refractivity contribution in [3.63, 3.8) is 0 Å². The minimum absolute atomic E-state index is 0.0955. The van der Waals surface area contributed by atoms with Gasteiger partial charge in [0, 0.05) is 12.5 Å². The summed E-state index contributed by atoms with van der Waals surface area (Å²) in [5.41, 5.74) is 0.550. The maximum Gasteiger partial charge on any atom is 0.247 e. The number of amides is 2. The van der Waals surface area contributed by atoms with Crippen LogP contribution in [0.15, 0.2) is 18.2 Å². The zero-order valence-corrected chi connectivity index (χ0v) is 10.9. The molecule has 0 bridgehead atoms. The van der Waals surface area contributed by atoms with Crippen LogP contribution in [0.2, 0.25) is 0 Å². The molecular weight excluding hydrogens is 248 g/mol. The molecule has 1 aromatic carbocycles. The van der Waals surface area contributed by atoms with Gasteiger partial charge in [0.1, 0.15) is 17.5 Å². The topological polar surface area (TPSA) is 76.7 Å². The lowest BCUT2D eigenvalue weighted by Crippen LogP contribution is -2.37. The molecule has 1 unspecified atom stereocenters. The van der Waals surface area contributed by atoms with Crippen LogP contribution in [-0.4, -0.2) is 32.1 Å². The Balaban J connectivity index is 2.10. The molecule has 102 valence electrons. The molecule has 1 aliphatic heterocycles. The molecule has 2 N–H and O–H groups in total. The molecule has 1 aromatic rings. The Kier molecular flexibility index (Phi) is 3.89. The quantitative estimate of drug-likeness (QED) is 0.848. The molecule has 6 heteroatoms. The third-order valence-corrected chi connectivity index (χ3v) is 2.98. The average molecular weight is 264 g/mol. The van der Waals surface area contributed by atoms with E-state index >= 15 is 0 Å². The van der Waals surface area contributed by atoms with Crippen molar-refractivity contribution in [2.75, 3.05) is 19.5 Å². The van der Waals surface area contributed by atoms with Crippen LogP contribution in [0.25, 0.3) is 0 Å². The minimum atomic E-state index is -0.473. The van der Waals surface area contributed by atoms with E-state index in [9.17, 15) is 9.59 Å². The Labute approximate surface area is 111 Å². The first-order chi connectivity index (χ1) is 9.13. The second kappa shape index (κ2) is 5.60. The van der Waals surface area contributed by atoms with Crippen molar-refractivity contribution in [2.45, 2.75) is 18.9 Å². The molecule has 6 nitrogen and oxygen atoms in total. The van der Waals surface area contributed by atoms with Gasteiger partial charge in [0.15, 0.2) is 0 Å². The van der Waals surface area contributed by atoms with Crippen LogP contribution in [0.1, 0.15) is 12.8 Å². The van der Waals surface area contributed by atoms with Gasteiger partial charge in [-0.2, -0.15) is 0 Å². The van der Waals surface area contributed by atoms with Crippen LogP contribution in [0.4, 0.5) is 5.69 Å². The third-order valence-electron chi connectivity index (χ3n) is 2.98. The van der Waals surface area contributed by atoms with E-state index in [4.69, 9.17) is 9.47 Å². The Morgan fingerprint density at radius 1 is 1.37 bits per heavy atom. The van der Waals surface area contributed by atoms with Gasteiger partial charge in [-0.25, -0.2) is 0 Å². The molecule has 2 rings (SSSR count). The van der Waals surface area contributed by atoms with Crippen molar-refractivity contribution in [1.29, 1.82) is 0 Å². The van der Waals surface area contributed by atoms with Gasteiger partial charge in [0.05, 0.1) is 19.9 Å². The predicted molar refractivity (Wildman–Crippen MR) is 69.3 cm³/mol. The van der Waals surface area contributed by atoms with Crippen molar-refractivity contribution < 1.29 is 19.1 Å². The first-order valence-electron chi connectivity index (χ1n) is 5.96. The molecule has 0 aliphatic carbocycles. The fraction of sp³-hybridized carbons (Fsp3) is 0.385. The first-order valence-corrected chi connectivity index (χ1v) is 5.96. The van der Waals surface area contributed by atoms with Crippen molar-refractivity contribution in [3.8, 4) is 11.5 Å². The van der Waals surface area contributed by atoms with Crippen molar-refractivity contribution in [3.05, 3.63) is 18.2 Å². The maximum atomic E-state index is 12.0. The van der Waals surface area contributed by atoms with E-state index in [2.05, 4.69) is 10.6 Å². The largest absolute Gasteiger partial charge is 0.497 e. The zero-order chi connectivity index (χ0) is 13.8. The molecule has 1 heterocycles. The van der Waals surface area contributed by atoms with Crippen LogP contribution in [0.5, 0.6) is 11.5 Å². The summed E-state index contributed by atoms with van der Waals surface area (Å²) in [5, 5.41) is 5.36. The number of hydrogen-bond donors (Lipinski definition) is 2. The van der Waals surface area contributed by atoms with E-state index in [-0.39, 0.29) is 11.8 Å². The summed E-state index contributed by atoms with van der Waals surface area (Å²) in [7, 11) is 3.07. The number of carbonyl (C=O) groups is 2. The molecule has 1 atom stereocenters. The number of carbonyl (C=O) groups excluding carboxylic acids is 2. The van der Waals surface area contributed by atoms with E-state index in [1.54, 1.807) is 25.3 Å². The van der Waals surface area contributed by atoms with E-state index in [1.165, 1.54) is 7.11 Å². The van der Waals surface area contributed by atoms with Gasteiger partial charge in [-0.1, -0.05) is 0 Å². The molecule has 1 fully saturated rings. The van der Waals surface area contributed by atoms with Crippen LogP contribution >= 0.6 is 0 Å². The summed E-state index contributed by atoms with van der Waals surface area (Å²) in [6, 6.07) is 4.64. The van der Waals surface area contributed by atoms with Crippen molar-refractivity contribution >= 4 is 17.5 Å². The Bertz CT molecular complexity index is 501. The van der Waals surface area contributed by atoms with Crippen LogP contribution in [0.3, 0.4) is 0 Å². The van der Waals surface area contributed by atoms with Crippen molar-refractivity contribution in [2.24, 2.45) is 0 Å². The molecule has 19 heavy (non-hydrogen) atoms. The van der Waals surface area contributed by atoms with E-state index in [1.807, 2.05) is 0 Å². The highest BCUT2D eigenvalue weighted by Gasteiger charge is 2.27. The first kappa shape index (κ1) is 13.2. The molecule has 1 saturated heterocycles. The number of nitrogens with one attached hydrogen (secondary N) is 2. The molecular formula is C13H16N2O4. The summed E-state index contributed by atoms with van der Waals surface area (Å²) >= 11 is 0. The van der Waals surface area contributed by atoms with Gasteiger partial charge < -0.3 is 20.1 Å². The van der Waals surface area contributed by atoms with Crippen LogP contribution < -0.4 is 20.1 Å². The Hall–Kier alpha value is -2.24. The second-order valence-electron chi connectivity index (χ2n) is 4.21. The lowest BCUT2D eigenvalue weighted by molar-refractivity contribution is -0.122. The average Bonchev–Trinajstić information content (AvgIpc) is 2.86. The molecule has 0 radical (unpaired) electrons. The van der Waals surface area contributed by atoms with E-state index in [0.717, 1.165) is 0 Å². The highest BCUT2D eigenvalue weighted by molar-refractivity contribution is 5.99. The van der Waals surface area contributed by atoms with Gasteiger partial charge in [0.25, 0.3) is 0 Å². The Morgan fingerprint density at radius 3 is 2.74 bits per heavy atom. The number of benzene rings is 1. The summed E-state index contributed by atoms with van der Waals surface area (Å²) in [4.78, 5) is 23.1. The van der Waals surface area contributed by atoms with E-state index < -0.39 is 6.04 Å². The Morgan fingerprint density at radius 2 is 2.16 bits per heavy atom. The maximum absolute atomic E-state index is 12.0. The second-order valence-corrected chi connectivity index (χ2v) is 4.21. The number of methoxy groups -OCH3 is 2. The van der Waals surface area contributed by atoms with Gasteiger partial charge in [-0.15, -0.1) is 0 Å². The number of rotatable bonds is 4. The number of hydrogen-bond acceptors (Lipinski definition) is 4. The van der Waals surface area contributed by atoms with Crippen LogP contribution in [-0.2, 0) is 9.59 Å². The lowest BCUT2D eigenvalue weighted by atomic mass is 10.2. The van der Waals surface area contributed by atoms with Gasteiger partial charge in [-0.3, -0.25) is 9.59 Å². The fourth-order valence-electron chi connectivity index (χ4n) is 1.93. The number of anilines is 1. The van der Waals surface area contributed by atoms with Gasteiger partial charge in [0.2, 0.25) is 11.8 Å². The smallest absolute Gasteiger partial charge is 0.247 e. The van der Waals surface area contributed by atoms with Crippen molar-refractivity contribution in [1.82, 2.24) is 5.32 Å². The molecule has 1 aliphatic rings. The summed E-state index contributed by atoms with van der Waals surface area (Å²) in [5.74, 6) is 0.817. The fourth-order valence-corrected chi connectivity index (χ4v) is 1.93. The summed E-state index contributed by atoms with van der Waals surface area (Å²) < 4.78 is 10.3. The summed E-state index contributed by atoms with van der Waals surface area (Å²) in [6.45, 7) is 0. The summed E-state index contributed by atoms with van der Waals surface area (Å²) in [6.07, 6.45) is 0.904. The SMILES string of the molecule is COc1ccc(NC(=O)C2CCC(=O)N2)c(OC)c1. The van der Waals surface area contributed by atoms with Gasteiger partial charge >= 0.3 is 0 Å². The standard InChI is InChI=1S/C13H16N2O4/c1-18-8-3-4-9(11(7-8)19-2)15-13(17)10-5-6-12(16)14-10/h3-4,7,10H,5-6H2,1-2H3,(H,14,16)(H,15,17). The predicted octanol–water partition coefficient (Wildman–Crippen LogP) is 0.921. The highest BCUT2D eigenvalue weighted by atomic mass is 16.5. The van der Waals surface area contributed by atoms with E-state index in [0.29, 0.717) is 30.0 Å². The lowest BCUT2D eigenvalue weighted by Gasteiger charge is -2.14. The molecule has 2 amide bonds. The third kappa shape index (κ3) is 2.96.